The predicted molar refractivity (Wildman–Crippen MR) is 93.3 cm³/mol. The fraction of sp³-hybridized carbons (Fsp3) is 0.762. The lowest BCUT2D eigenvalue weighted by molar-refractivity contribution is -0.111. The number of fused-ring (bicyclic) bond motifs is 4. The van der Waals surface area contributed by atoms with Crippen LogP contribution in [0.5, 0.6) is 0 Å². The van der Waals surface area contributed by atoms with Gasteiger partial charge in [-0.25, -0.2) is 0 Å². The molecule has 0 aromatic heterocycles. The zero-order valence-electron chi connectivity index (χ0n) is 14.8. The lowest BCUT2D eigenvalue weighted by atomic mass is 9.47. The van der Waals surface area contributed by atoms with Crippen molar-refractivity contribution in [3.63, 3.8) is 0 Å². The van der Waals surface area contributed by atoms with Gasteiger partial charge in [0.05, 0.1) is 6.10 Å². The summed E-state index contributed by atoms with van der Waals surface area (Å²) >= 11 is 0. The molecule has 0 aromatic carbocycles. The Labute approximate surface area is 144 Å². The van der Waals surface area contributed by atoms with Crippen molar-refractivity contribution in [1.29, 1.82) is 0 Å². The maximum Gasteiger partial charge on any atom is 0.178 e. The largest absolute Gasteiger partial charge is 0.393 e. The Morgan fingerprint density at radius 3 is 2.96 bits per heavy atom. The highest BCUT2D eigenvalue weighted by atomic mass is 16.3. The first-order valence-electron chi connectivity index (χ1n) is 9.81. The van der Waals surface area contributed by atoms with Crippen molar-refractivity contribution in [2.24, 2.45) is 34.5 Å². The van der Waals surface area contributed by atoms with E-state index in [9.17, 15) is 9.90 Å². The van der Waals surface area contributed by atoms with E-state index >= 15 is 0 Å². The quantitative estimate of drug-likeness (QED) is 0.719. The van der Waals surface area contributed by atoms with Gasteiger partial charge >= 0.3 is 0 Å². The summed E-state index contributed by atoms with van der Waals surface area (Å²) in [5.74, 6) is 2.44. The van der Waals surface area contributed by atoms with Crippen molar-refractivity contribution in [2.75, 3.05) is 6.54 Å². The smallest absolute Gasteiger partial charge is 0.178 e. The van der Waals surface area contributed by atoms with Crippen molar-refractivity contribution >= 4 is 5.78 Å². The molecule has 0 radical (unpaired) electrons. The molecule has 3 heteroatoms. The molecule has 0 unspecified atom stereocenters. The SMILES string of the molecule is C[C@@H]1NC[C@]23CC[C@H]4[C@@H](CCC5=CC(=O)C=C[C@@]54C)[C@@H]2[C@@H](O)C[C@H]13. The lowest BCUT2D eigenvalue weighted by Crippen LogP contribution is -2.53. The van der Waals surface area contributed by atoms with E-state index in [4.69, 9.17) is 0 Å². The third kappa shape index (κ3) is 1.73. The number of hydrogen-bond donors (Lipinski definition) is 2. The first-order chi connectivity index (χ1) is 11.5. The summed E-state index contributed by atoms with van der Waals surface area (Å²) in [5, 5.41) is 14.7. The number of aliphatic hydroxyl groups excluding tert-OH is 1. The highest BCUT2D eigenvalue weighted by Gasteiger charge is 2.65. The summed E-state index contributed by atoms with van der Waals surface area (Å²) in [7, 11) is 0. The summed E-state index contributed by atoms with van der Waals surface area (Å²) in [6.07, 6.45) is 11.4. The minimum Gasteiger partial charge on any atom is -0.393 e. The fourth-order valence-corrected chi connectivity index (χ4v) is 7.65. The van der Waals surface area contributed by atoms with Crippen LogP contribution in [-0.4, -0.2) is 29.6 Å². The van der Waals surface area contributed by atoms with Gasteiger partial charge < -0.3 is 10.4 Å². The molecule has 0 bridgehead atoms. The van der Waals surface area contributed by atoms with Crippen LogP contribution in [0.1, 0.15) is 46.0 Å². The van der Waals surface area contributed by atoms with Crippen molar-refractivity contribution in [3.05, 3.63) is 23.8 Å². The van der Waals surface area contributed by atoms with Crippen LogP contribution in [0.2, 0.25) is 0 Å². The second kappa shape index (κ2) is 4.82. The van der Waals surface area contributed by atoms with Gasteiger partial charge in [0.2, 0.25) is 0 Å². The third-order valence-corrected chi connectivity index (χ3v) is 8.69. The number of rotatable bonds is 0. The fourth-order valence-electron chi connectivity index (χ4n) is 7.65. The number of carbonyl (C=O) groups excluding carboxylic acids is 1. The second-order valence-corrected chi connectivity index (χ2v) is 9.37. The Kier molecular flexibility index (Phi) is 3.08. The van der Waals surface area contributed by atoms with Gasteiger partial charge in [-0.3, -0.25) is 4.79 Å². The van der Waals surface area contributed by atoms with E-state index in [-0.39, 0.29) is 17.3 Å². The average Bonchev–Trinajstić information content (AvgIpc) is 3.02. The number of nitrogens with one attached hydrogen (secondary N) is 1. The van der Waals surface area contributed by atoms with Gasteiger partial charge in [-0.1, -0.05) is 18.6 Å². The molecule has 24 heavy (non-hydrogen) atoms. The topological polar surface area (TPSA) is 49.3 Å². The summed E-state index contributed by atoms with van der Waals surface area (Å²) in [4.78, 5) is 11.8. The van der Waals surface area contributed by atoms with Gasteiger partial charge in [0.15, 0.2) is 5.78 Å². The van der Waals surface area contributed by atoms with Crippen molar-refractivity contribution in [3.8, 4) is 0 Å². The molecule has 1 aliphatic heterocycles. The number of aliphatic hydroxyl groups is 1. The van der Waals surface area contributed by atoms with Crippen LogP contribution in [0.25, 0.3) is 0 Å². The highest BCUT2D eigenvalue weighted by molar-refractivity contribution is 6.01. The molecule has 5 aliphatic rings. The van der Waals surface area contributed by atoms with Crippen LogP contribution >= 0.6 is 0 Å². The Bertz CT molecular complexity index is 652. The van der Waals surface area contributed by atoms with E-state index in [1.807, 2.05) is 6.08 Å². The van der Waals surface area contributed by atoms with Crippen LogP contribution in [0.4, 0.5) is 0 Å². The zero-order chi connectivity index (χ0) is 16.7. The van der Waals surface area contributed by atoms with Crippen LogP contribution in [0.15, 0.2) is 23.8 Å². The molecular weight excluding hydrogens is 298 g/mol. The van der Waals surface area contributed by atoms with Crippen molar-refractivity contribution in [1.82, 2.24) is 5.32 Å². The second-order valence-electron chi connectivity index (χ2n) is 9.37. The normalized spacial score (nSPS) is 55.5. The molecule has 130 valence electrons. The maximum atomic E-state index is 11.8. The van der Waals surface area contributed by atoms with Crippen molar-refractivity contribution in [2.45, 2.75) is 58.1 Å². The minimum atomic E-state index is -0.129. The Morgan fingerprint density at radius 1 is 1.29 bits per heavy atom. The standard InChI is InChI=1S/C21H29NO2/c1-12-17-10-18(24)19-15-4-3-13-9-14(23)5-7-20(13,2)16(15)6-8-21(17,19)11-22-12/h5,7,9,12,15-19,22,24H,3-4,6,8,10-11H2,1-2H3/t12-,15+,16-,17+,18-,19+,20-,21-/m0/s1. The number of hydrogen-bond acceptors (Lipinski definition) is 3. The van der Waals surface area contributed by atoms with Crippen LogP contribution in [0.3, 0.4) is 0 Å². The first kappa shape index (κ1) is 15.3. The summed E-state index contributed by atoms with van der Waals surface area (Å²) in [5.41, 5.74) is 1.70. The Morgan fingerprint density at radius 2 is 2.12 bits per heavy atom. The van der Waals surface area contributed by atoms with Gasteiger partial charge in [0.25, 0.3) is 0 Å². The molecule has 5 rings (SSSR count). The molecule has 8 atom stereocenters. The molecule has 3 nitrogen and oxygen atoms in total. The number of carbonyl (C=O) groups is 1. The van der Waals surface area contributed by atoms with Crippen LogP contribution in [-0.2, 0) is 4.79 Å². The molecule has 1 saturated heterocycles. The van der Waals surface area contributed by atoms with Crippen molar-refractivity contribution < 1.29 is 9.90 Å². The lowest BCUT2D eigenvalue weighted by Gasteiger charge is -2.57. The van der Waals surface area contributed by atoms with Crippen LogP contribution < -0.4 is 5.32 Å². The highest BCUT2D eigenvalue weighted by Crippen LogP contribution is 2.67. The Hall–Kier alpha value is -0.930. The Balaban J connectivity index is 1.54. The van der Waals surface area contributed by atoms with E-state index in [1.54, 1.807) is 6.08 Å². The molecule has 0 amide bonds. The first-order valence-corrected chi connectivity index (χ1v) is 9.81. The summed E-state index contributed by atoms with van der Waals surface area (Å²) in [6, 6.07) is 0.544. The van der Waals surface area contributed by atoms with E-state index in [0.29, 0.717) is 35.1 Å². The van der Waals surface area contributed by atoms with Crippen LogP contribution in [0, 0.1) is 34.5 Å². The van der Waals surface area contributed by atoms with Gasteiger partial charge in [0, 0.05) is 18.0 Å². The van der Waals surface area contributed by atoms with E-state index < -0.39 is 0 Å². The van der Waals surface area contributed by atoms with Gasteiger partial charge in [0.1, 0.15) is 0 Å². The third-order valence-electron chi connectivity index (χ3n) is 8.69. The molecule has 0 aromatic rings. The summed E-state index contributed by atoms with van der Waals surface area (Å²) in [6.45, 7) is 5.74. The van der Waals surface area contributed by atoms with E-state index in [1.165, 1.54) is 18.4 Å². The number of allylic oxidation sites excluding steroid dienone is 4. The summed E-state index contributed by atoms with van der Waals surface area (Å²) < 4.78 is 0. The van der Waals surface area contributed by atoms with Gasteiger partial charge in [-0.15, -0.1) is 0 Å². The van der Waals surface area contributed by atoms with Gasteiger partial charge in [-0.2, -0.15) is 0 Å². The molecule has 4 fully saturated rings. The monoisotopic (exact) mass is 327 g/mol. The predicted octanol–water partition coefficient (Wildman–Crippen LogP) is 2.85. The maximum absolute atomic E-state index is 11.8. The number of ketones is 1. The van der Waals surface area contributed by atoms with Gasteiger partial charge in [-0.05, 0) is 80.3 Å². The molecule has 1 heterocycles. The molecule has 2 N–H and O–H groups in total. The average molecular weight is 327 g/mol. The molecule has 3 saturated carbocycles. The molecular formula is C21H29NO2. The zero-order valence-corrected chi connectivity index (χ0v) is 14.8. The molecule has 1 spiro atoms. The van der Waals surface area contributed by atoms with E-state index in [0.717, 1.165) is 25.8 Å². The molecule has 4 aliphatic carbocycles. The van der Waals surface area contributed by atoms with E-state index in [2.05, 4.69) is 25.2 Å². The minimum absolute atomic E-state index is 0.0356.